The van der Waals surface area contributed by atoms with E-state index in [1.807, 2.05) is 11.8 Å². The maximum atomic E-state index is 13.9. The molecule has 4 rings (SSSR count). The number of benzene rings is 2. The standard InChI is InChI=1S/C21H20FN3O/c1-14-6-8-15(9-7-14)12-25-13-16(10-20(25)26)21-23-11-19(24-21)17-4-2-3-5-18(17)22/h2-9,11,16H,10,12-13H2,1H3,(H,23,24). The number of hydrogen-bond acceptors (Lipinski definition) is 2. The van der Waals surface area contributed by atoms with E-state index in [1.165, 1.54) is 11.6 Å². The Hall–Kier alpha value is -2.95. The first-order valence-electron chi connectivity index (χ1n) is 8.73. The van der Waals surface area contributed by atoms with Gasteiger partial charge >= 0.3 is 0 Å². The van der Waals surface area contributed by atoms with Gasteiger partial charge < -0.3 is 9.88 Å². The van der Waals surface area contributed by atoms with Crippen LogP contribution in [0.1, 0.15) is 29.3 Å². The summed E-state index contributed by atoms with van der Waals surface area (Å²) in [5.74, 6) is 0.585. The minimum absolute atomic E-state index is 0.00784. The van der Waals surface area contributed by atoms with Gasteiger partial charge in [-0.3, -0.25) is 4.79 Å². The minimum Gasteiger partial charge on any atom is -0.342 e. The number of H-pyrrole nitrogens is 1. The van der Waals surface area contributed by atoms with Crippen LogP contribution in [0.15, 0.2) is 54.7 Å². The van der Waals surface area contributed by atoms with Gasteiger partial charge in [-0.15, -0.1) is 0 Å². The lowest BCUT2D eigenvalue weighted by molar-refractivity contribution is -0.128. The van der Waals surface area contributed by atoms with E-state index < -0.39 is 0 Å². The number of aromatic nitrogens is 2. The molecule has 1 aliphatic heterocycles. The Morgan fingerprint density at radius 1 is 1.19 bits per heavy atom. The van der Waals surface area contributed by atoms with Crippen molar-refractivity contribution in [3.63, 3.8) is 0 Å². The molecule has 0 saturated carbocycles. The Morgan fingerprint density at radius 2 is 1.96 bits per heavy atom. The van der Waals surface area contributed by atoms with Crippen LogP contribution in [0.4, 0.5) is 4.39 Å². The molecular weight excluding hydrogens is 329 g/mol. The molecule has 1 aromatic heterocycles. The van der Waals surface area contributed by atoms with Gasteiger partial charge in [0.1, 0.15) is 11.6 Å². The molecule has 0 radical (unpaired) electrons. The lowest BCUT2D eigenvalue weighted by atomic mass is 10.1. The van der Waals surface area contributed by atoms with Crippen molar-refractivity contribution < 1.29 is 9.18 Å². The minimum atomic E-state index is -0.286. The van der Waals surface area contributed by atoms with Gasteiger partial charge in [0.2, 0.25) is 5.91 Å². The van der Waals surface area contributed by atoms with E-state index >= 15 is 0 Å². The summed E-state index contributed by atoms with van der Waals surface area (Å²) in [6, 6.07) is 14.8. The highest BCUT2D eigenvalue weighted by Gasteiger charge is 2.32. The van der Waals surface area contributed by atoms with E-state index in [-0.39, 0.29) is 17.6 Å². The Bertz CT molecular complexity index is 932. The third-order valence-corrected chi connectivity index (χ3v) is 4.85. The number of carbonyl (C=O) groups is 1. The van der Waals surface area contributed by atoms with Crippen LogP contribution in [-0.2, 0) is 11.3 Å². The van der Waals surface area contributed by atoms with E-state index in [9.17, 15) is 9.18 Å². The number of nitrogens with one attached hydrogen (secondary N) is 1. The van der Waals surface area contributed by atoms with Gasteiger partial charge in [-0.2, -0.15) is 0 Å². The van der Waals surface area contributed by atoms with Gasteiger partial charge in [-0.05, 0) is 24.6 Å². The average molecular weight is 349 g/mol. The van der Waals surface area contributed by atoms with Crippen molar-refractivity contribution in [1.82, 2.24) is 14.9 Å². The van der Waals surface area contributed by atoms with E-state index in [0.29, 0.717) is 30.8 Å². The molecule has 5 heteroatoms. The largest absolute Gasteiger partial charge is 0.342 e. The molecule has 2 heterocycles. The summed E-state index contributed by atoms with van der Waals surface area (Å²) in [4.78, 5) is 21.8. The number of aryl methyl sites for hydroxylation is 1. The van der Waals surface area contributed by atoms with Crippen molar-refractivity contribution >= 4 is 5.91 Å². The summed E-state index contributed by atoms with van der Waals surface area (Å²) in [7, 11) is 0. The second-order valence-corrected chi connectivity index (χ2v) is 6.82. The number of likely N-dealkylation sites (tertiary alicyclic amines) is 1. The van der Waals surface area contributed by atoms with Crippen molar-refractivity contribution in [2.45, 2.75) is 25.8 Å². The van der Waals surface area contributed by atoms with Gasteiger partial charge in [0.15, 0.2) is 0 Å². The first-order chi connectivity index (χ1) is 12.6. The van der Waals surface area contributed by atoms with E-state index in [1.54, 1.807) is 24.4 Å². The molecule has 2 aromatic carbocycles. The van der Waals surface area contributed by atoms with Crippen molar-refractivity contribution in [1.29, 1.82) is 0 Å². The van der Waals surface area contributed by atoms with Crippen LogP contribution in [0.5, 0.6) is 0 Å². The van der Waals surface area contributed by atoms with Crippen molar-refractivity contribution in [2.75, 3.05) is 6.54 Å². The van der Waals surface area contributed by atoms with Crippen LogP contribution in [0, 0.1) is 12.7 Å². The van der Waals surface area contributed by atoms with Crippen molar-refractivity contribution in [2.24, 2.45) is 0 Å². The van der Waals surface area contributed by atoms with Crippen LogP contribution >= 0.6 is 0 Å². The summed E-state index contributed by atoms with van der Waals surface area (Å²) < 4.78 is 13.9. The Kier molecular flexibility index (Phi) is 4.29. The van der Waals surface area contributed by atoms with Gasteiger partial charge in [0.05, 0.1) is 11.9 Å². The van der Waals surface area contributed by atoms with Gasteiger partial charge in [0.25, 0.3) is 0 Å². The van der Waals surface area contributed by atoms with Gasteiger partial charge in [-0.1, -0.05) is 42.0 Å². The zero-order chi connectivity index (χ0) is 18.1. The average Bonchev–Trinajstić information content (AvgIpc) is 3.25. The molecule has 3 aromatic rings. The third kappa shape index (κ3) is 3.25. The van der Waals surface area contributed by atoms with Crippen LogP contribution in [0.25, 0.3) is 11.3 Å². The summed E-state index contributed by atoms with van der Waals surface area (Å²) >= 11 is 0. The molecule has 4 nitrogen and oxygen atoms in total. The predicted molar refractivity (Wildman–Crippen MR) is 97.9 cm³/mol. The lowest BCUT2D eigenvalue weighted by Gasteiger charge is -2.16. The SMILES string of the molecule is Cc1ccc(CN2CC(c3ncc(-c4ccccc4F)[nH]3)CC2=O)cc1. The molecule has 0 bridgehead atoms. The normalized spacial score (nSPS) is 17.1. The van der Waals surface area contributed by atoms with E-state index in [0.717, 1.165) is 11.4 Å². The molecule has 132 valence electrons. The monoisotopic (exact) mass is 349 g/mol. The van der Waals surface area contributed by atoms with E-state index in [2.05, 4.69) is 34.2 Å². The van der Waals surface area contributed by atoms with Gasteiger partial charge in [-0.25, -0.2) is 9.37 Å². The molecule has 0 aliphatic carbocycles. The smallest absolute Gasteiger partial charge is 0.223 e. The van der Waals surface area contributed by atoms with Crippen molar-refractivity contribution in [3.05, 3.63) is 77.5 Å². The predicted octanol–water partition coefficient (Wildman–Crippen LogP) is 4.04. The topological polar surface area (TPSA) is 49.0 Å². The van der Waals surface area contributed by atoms with Crippen LogP contribution < -0.4 is 0 Å². The fourth-order valence-electron chi connectivity index (χ4n) is 3.38. The molecule has 1 N–H and O–H groups in total. The number of amides is 1. The second-order valence-electron chi connectivity index (χ2n) is 6.82. The number of rotatable bonds is 4. The molecule has 26 heavy (non-hydrogen) atoms. The molecule has 1 atom stereocenters. The number of carbonyl (C=O) groups excluding carboxylic acids is 1. The fourth-order valence-corrected chi connectivity index (χ4v) is 3.38. The maximum absolute atomic E-state index is 13.9. The Morgan fingerprint density at radius 3 is 2.73 bits per heavy atom. The molecule has 0 spiro atoms. The van der Waals surface area contributed by atoms with Crippen LogP contribution in [0.3, 0.4) is 0 Å². The van der Waals surface area contributed by atoms with Crippen LogP contribution in [-0.4, -0.2) is 27.3 Å². The van der Waals surface area contributed by atoms with E-state index in [4.69, 9.17) is 0 Å². The summed E-state index contributed by atoms with van der Waals surface area (Å²) in [5, 5.41) is 0. The van der Waals surface area contributed by atoms with Gasteiger partial charge in [0, 0.05) is 31.0 Å². The summed E-state index contributed by atoms with van der Waals surface area (Å²) in [6.45, 7) is 3.28. The Balaban J connectivity index is 1.49. The molecular formula is C21H20FN3O. The number of hydrogen-bond donors (Lipinski definition) is 1. The first-order valence-corrected chi connectivity index (χ1v) is 8.73. The second kappa shape index (κ2) is 6.75. The zero-order valence-electron chi connectivity index (χ0n) is 14.6. The number of imidazole rings is 1. The molecule has 1 saturated heterocycles. The van der Waals surface area contributed by atoms with Crippen molar-refractivity contribution in [3.8, 4) is 11.3 Å². The maximum Gasteiger partial charge on any atom is 0.223 e. The summed E-state index contributed by atoms with van der Waals surface area (Å²) in [5.41, 5.74) is 3.46. The highest BCUT2D eigenvalue weighted by molar-refractivity contribution is 5.79. The first kappa shape index (κ1) is 16.5. The molecule has 1 fully saturated rings. The molecule has 1 amide bonds. The fraction of sp³-hybridized carbons (Fsp3) is 0.238. The number of aromatic amines is 1. The summed E-state index contributed by atoms with van der Waals surface area (Å²) in [6.07, 6.45) is 2.07. The van der Waals surface area contributed by atoms with Crippen LogP contribution in [0.2, 0.25) is 0 Å². The quantitative estimate of drug-likeness (QED) is 0.773. The Labute approximate surface area is 151 Å². The molecule has 1 unspecified atom stereocenters. The molecule has 1 aliphatic rings. The highest BCUT2D eigenvalue weighted by atomic mass is 19.1. The zero-order valence-corrected chi connectivity index (χ0v) is 14.6. The highest BCUT2D eigenvalue weighted by Crippen LogP contribution is 2.29. The number of nitrogens with zero attached hydrogens (tertiary/aromatic N) is 2. The number of halogens is 1. The lowest BCUT2D eigenvalue weighted by Crippen LogP contribution is -2.24. The third-order valence-electron chi connectivity index (χ3n) is 4.85.